The Balaban J connectivity index is 1.99. The maximum atomic E-state index is 13.8. The number of halogens is 2. The zero-order chi connectivity index (χ0) is 17.6. The highest BCUT2D eigenvalue weighted by atomic mass is 35.5. The summed E-state index contributed by atoms with van der Waals surface area (Å²) in [7, 11) is 0. The number of hydrogen-bond donors (Lipinski definition) is 0. The van der Waals surface area contributed by atoms with Gasteiger partial charge < -0.3 is 14.4 Å². The van der Waals surface area contributed by atoms with Crippen molar-refractivity contribution in [3.8, 4) is 0 Å². The molecule has 0 unspecified atom stereocenters. The van der Waals surface area contributed by atoms with Crippen molar-refractivity contribution in [3.05, 3.63) is 28.7 Å². The molecule has 0 aliphatic carbocycles. The Morgan fingerprint density at radius 1 is 1.44 bits per heavy atom. The SMILES string of the molecule is CCOC(=O)c1nc2sc3c(Cl)c(F)ccc3n2c1N1CCOCC1. The van der Waals surface area contributed by atoms with E-state index in [9.17, 15) is 9.18 Å². The molecule has 3 heterocycles. The van der Waals surface area contributed by atoms with Gasteiger partial charge in [-0.2, -0.15) is 0 Å². The number of esters is 1. The molecule has 2 aromatic heterocycles. The smallest absolute Gasteiger partial charge is 0.360 e. The number of fused-ring (bicyclic) bond motifs is 3. The third-order valence-electron chi connectivity index (χ3n) is 4.07. The standard InChI is InChI=1S/C16H15ClFN3O3S/c1-2-24-15(22)12-14(20-5-7-23-8-6-20)21-10-4-3-9(18)11(17)13(10)25-16(21)19-12/h3-4H,2,5-8H2,1H3. The van der Waals surface area contributed by atoms with E-state index in [-0.39, 0.29) is 17.3 Å². The van der Waals surface area contributed by atoms with Gasteiger partial charge in [0.1, 0.15) is 11.6 Å². The van der Waals surface area contributed by atoms with Gasteiger partial charge in [-0.25, -0.2) is 14.2 Å². The van der Waals surface area contributed by atoms with Crippen molar-refractivity contribution in [3.63, 3.8) is 0 Å². The Kier molecular flexibility index (Phi) is 4.26. The van der Waals surface area contributed by atoms with Crippen LogP contribution in [0.1, 0.15) is 17.4 Å². The van der Waals surface area contributed by atoms with Crippen molar-refractivity contribution in [2.24, 2.45) is 0 Å². The van der Waals surface area contributed by atoms with Crippen LogP contribution in [0.4, 0.5) is 10.2 Å². The molecular formula is C16H15ClFN3O3S. The van der Waals surface area contributed by atoms with E-state index < -0.39 is 11.8 Å². The Hall–Kier alpha value is -1.90. The van der Waals surface area contributed by atoms with E-state index in [4.69, 9.17) is 21.1 Å². The monoisotopic (exact) mass is 383 g/mol. The molecule has 6 nitrogen and oxygen atoms in total. The first kappa shape index (κ1) is 16.6. The molecule has 0 atom stereocenters. The van der Waals surface area contributed by atoms with Gasteiger partial charge in [0.15, 0.2) is 10.7 Å². The van der Waals surface area contributed by atoms with Crippen LogP contribution in [0, 0.1) is 5.82 Å². The lowest BCUT2D eigenvalue weighted by atomic mass is 10.3. The Morgan fingerprint density at radius 3 is 2.92 bits per heavy atom. The summed E-state index contributed by atoms with van der Waals surface area (Å²) in [4.78, 5) is 19.5. The predicted molar refractivity (Wildman–Crippen MR) is 94.5 cm³/mol. The number of benzene rings is 1. The zero-order valence-electron chi connectivity index (χ0n) is 13.4. The summed E-state index contributed by atoms with van der Waals surface area (Å²) < 4.78 is 26.8. The fourth-order valence-electron chi connectivity index (χ4n) is 2.97. The maximum Gasteiger partial charge on any atom is 0.360 e. The highest BCUT2D eigenvalue weighted by molar-refractivity contribution is 7.24. The molecule has 132 valence electrons. The van der Waals surface area contributed by atoms with Crippen LogP contribution in [0.2, 0.25) is 5.02 Å². The van der Waals surface area contributed by atoms with E-state index in [2.05, 4.69) is 4.98 Å². The summed E-state index contributed by atoms with van der Waals surface area (Å²) in [6.07, 6.45) is 0. The molecule has 4 rings (SSSR count). The fourth-order valence-corrected chi connectivity index (χ4v) is 4.29. The molecule has 0 amide bonds. The third-order valence-corrected chi connectivity index (χ3v) is 5.62. The van der Waals surface area contributed by atoms with Gasteiger partial charge in [-0.3, -0.25) is 4.40 Å². The highest BCUT2D eigenvalue weighted by Gasteiger charge is 2.28. The van der Waals surface area contributed by atoms with Crippen LogP contribution in [0.25, 0.3) is 15.2 Å². The second kappa shape index (κ2) is 6.44. The molecule has 9 heteroatoms. The molecule has 0 spiro atoms. The zero-order valence-corrected chi connectivity index (χ0v) is 15.0. The number of carbonyl (C=O) groups is 1. The summed E-state index contributed by atoms with van der Waals surface area (Å²) in [6, 6.07) is 2.98. The minimum Gasteiger partial charge on any atom is -0.461 e. The quantitative estimate of drug-likeness (QED) is 0.649. The van der Waals surface area contributed by atoms with Gasteiger partial charge in [0.2, 0.25) is 0 Å². The first-order valence-electron chi connectivity index (χ1n) is 7.90. The van der Waals surface area contributed by atoms with E-state index in [1.807, 2.05) is 9.30 Å². The van der Waals surface area contributed by atoms with Crippen LogP contribution in [0.5, 0.6) is 0 Å². The number of aromatic nitrogens is 2. The molecule has 1 aliphatic rings. The molecule has 0 bridgehead atoms. The van der Waals surface area contributed by atoms with Gasteiger partial charge in [-0.1, -0.05) is 22.9 Å². The molecule has 0 saturated carbocycles. The summed E-state index contributed by atoms with van der Waals surface area (Å²) in [5.74, 6) is -0.302. The van der Waals surface area contributed by atoms with Gasteiger partial charge >= 0.3 is 5.97 Å². The maximum absolute atomic E-state index is 13.8. The lowest BCUT2D eigenvalue weighted by Crippen LogP contribution is -2.37. The van der Waals surface area contributed by atoms with Crippen molar-refractivity contribution in [1.82, 2.24) is 9.38 Å². The van der Waals surface area contributed by atoms with Gasteiger partial charge in [0.25, 0.3) is 0 Å². The Morgan fingerprint density at radius 2 is 2.20 bits per heavy atom. The lowest BCUT2D eigenvalue weighted by molar-refractivity contribution is 0.0520. The number of imidazole rings is 1. The third kappa shape index (κ3) is 2.65. The Labute approximate surface area is 151 Å². The number of anilines is 1. The largest absolute Gasteiger partial charge is 0.461 e. The van der Waals surface area contributed by atoms with Crippen LogP contribution in [0.15, 0.2) is 12.1 Å². The van der Waals surface area contributed by atoms with E-state index in [0.717, 1.165) is 5.52 Å². The predicted octanol–water partition coefficient (Wildman–Crippen LogP) is 3.35. The van der Waals surface area contributed by atoms with E-state index in [0.29, 0.717) is 41.8 Å². The summed E-state index contributed by atoms with van der Waals surface area (Å²) >= 11 is 7.36. The number of morpholine rings is 1. The molecule has 1 fully saturated rings. The minimum absolute atomic E-state index is 0.0682. The van der Waals surface area contributed by atoms with Crippen molar-refractivity contribution in [2.45, 2.75) is 6.92 Å². The van der Waals surface area contributed by atoms with Crippen LogP contribution in [-0.2, 0) is 9.47 Å². The van der Waals surface area contributed by atoms with Crippen LogP contribution in [0.3, 0.4) is 0 Å². The van der Waals surface area contributed by atoms with Gasteiger partial charge in [0, 0.05) is 13.1 Å². The van der Waals surface area contributed by atoms with Crippen molar-refractivity contribution in [1.29, 1.82) is 0 Å². The van der Waals surface area contributed by atoms with Gasteiger partial charge in [-0.15, -0.1) is 0 Å². The van der Waals surface area contributed by atoms with Crippen LogP contribution in [-0.4, -0.2) is 48.3 Å². The molecular weight excluding hydrogens is 369 g/mol. The molecule has 25 heavy (non-hydrogen) atoms. The molecule has 1 aliphatic heterocycles. The topological polar surface area (TPSA) is 56.1 Å². The second-order valence-corrected chi connectivity index (χ2v) is 6.89. The number of nitrogens with zero attached hydrogens (tertiary/aromatic N) is 3. The number of rotatable bonds is 3. The number of hydrogen-bond acceptors (Lipinski definition) is 6. The summed E-state index contributed by atoms with van der Waals surface area (Å²) in [6.45, 7) is 4.41. The fraction of sp³-hybridized carbons (Fsp3) is 0.375. The van der Waals surface area contributed by atoms with Crippen LogP contribution < -0.4 is 4.90 Å². The number of thiazole rings is 1. The first-order chi connectivity index (χ1) is 12.1. The van der Waals surface area contributed by atoms with Gasteiger partial charge in [0.05, 0.1) is 35.1 Å². The second-order valence-electron chi connectivity index (χ2n) is 5.53. The van der Waals surface area contributed by atoms with E-state index in [1.165, 1.54) is 17.4 Å². The van der Waals surface area contributed by atoms with Crippen molar-refractivity contribution in [2.75, 3.05) is 37.8 Å². The average Bonchev–Trinajstić information content (AvgIpc) is 3.16. The molecule has 0 radical (unpaired) electrons. The number of carbonyl (C=O) groups excluding carboxylic acids is 1. The number of ether oxygens (including phenoxy) is 2. The Bertz CT molecular complexity index is 965. The minimum atomic E-state index is -0.475. The molecule has 1 aromatic carbocycles. The van der Waals surface area contributed by atoms with E-state index >= 15 is 0 Å². The average molecular weight is 384 g/mol. The lowest BCUT2D eigenvalue weighted by Gasteiger charge is -2.28. The van der Waals surface area contributed by atoms with Crippen molar-refractivity contribution >= 4 is 49.9 Å². The van der Waals surface area contributed by atoms with Gasteiger partial charge in [-0.05, 0) is 19.1 Å². The van der Waals surface area contributed by atoms with Crippen molar-refractivity contribution < 1.29 is 18.7 Å². The summed E-state index contributed by atoms with van der Waals surface area (Å²) in [5.41, 5.74) is 0.980. The molecule has 3 aromatic rings. The molecule has 1 saturated heterocycles. The first-order valence-corrected chi connectivity index (χ1v) is 9.10. The molecule has 0 N–H and O–H groups in total. The summed E-state index contributed by atoms with van der Waals surface area (Å²) in [5, 5.41) is 0.0682. The highest BCUT2D eigenvalue weighted by Crippen LogP contribution is 2.38. The normalized spacial score (nSPS) is 15.2. The van der Waals surface area contributed by atoms with E-state index in [1.54, 1.807) is 13.0 Å². The van der Waals surface area contributed by atoms with Crippen LogP contribution >= 0.6 is 22.9 Å².